The van der Waals surface area contributed by atoms with Gasteiger partial charge >= 0.3 is 39.5 Å². The third kappa shape index (κ3) is 78.0. The zero-order valence-corrected chi connectivity index (χ0v) is 69.4. The smallest absolute Gasteiger partial charge is 0.462 e. The third-order valence-electron chi connectivity index (χ3n) is 19.7. The van der Waals surface area contributed by atoms with Gasteiger partial charge in [0.1, 0.15) is 19.3 Å². The SMILES string of the molecule is CCCCCCCCCCCCCCCCCCCCCCCCC(=O)O[C@H](COC(=O)CCCCCCCCCCCCCCCC(C)C)COP(=O)(O)OC[C@@H](O)COP(=O)(O)OC[C@@H](COC(=O)CCCCCCCCCC(C)C)OC(=O)CCCCCCCCCCCCCCCCC. The molecule has 19 heteroatoms. The van der Waals surface area contributed by atoms with Crippen molar-refractivity contribution in [2.75, 3.05) is 39.6 Å². The van der Waals surface area contributed by atoms with Crippen molar-refractivity contribution >= 4 is 39.5 Å². The lowest BCUT2D eigenvalue weighted by molar-refractivity contribution is -0.161. The summed E-state index contributed by atoms with van der Waals surface area (Å²) in [7, 11) is -9.92. The fourth-order valence-electron chi connectivity index (χ4n) is 13.1. The van der Waals surface area contributed by atoms with E-state index in [4.69, 9.17) is 37.0 Å². The number of phosphoric acid groups is 2. The highest BCUT2D eigenvalue weighted by atomic mass is 31.2. The van der Waals surface area contributed by atoms with Gasteiger partial charge in [0, 0.05) is 25.7 Å². The van der Waals surface area contributed by atoms with E-state index in [2.05, 4.69) is 41.5 Å². The van der Waals surface area contributed by atoms with Crippen molar-refractivity contribution in [3.05, 3.63) is 0 Å². The molecule has 612 valence electrons. The molecule has 0 saturated carbocycles. The maximum Gasteiger partial charge on any atom is 0.472 e. The standard InChI is InChI=1S/C84H164O17P2/c1-7-9-11-13-15-17-19-21-23-24-25-26-27-28-29-31-35-40-44-50-57-63-69-83(88)100-79(72-94-81(86)66-60-54-48-42-38-36-32-33-37-41-46-52-58-64-76(3)4)74-98-102(90,91)96-70-78(85)71-97-103(92,93)99-75-80(73-95-82(87)67-61-55-51-45-47-53-59-65-77(5)6)101-84(89)68-62-56-49-43-39-34-30-22-20-18-16-14-12-10-8-2/h76-80,85H,7-75H2,1-6H3,(H,90,91)(H,92,93)/t78-,79-,80-/m1/s1. The molecule has 0 rings (SSSR count). The topological polar surface area (TPSA) is 237 Å². The van der Waals surface area contributed by atoms with Crippen molar-refractivity contribution in [3.63, 3.8) is 0 Å². The molecule has 0 bridgehead atoms. The molecule has 2 unspecified atom stereocenters. The van der Waals surface area contributed by atoms with Crippen molar-refractivity contribution in [2.24, 2.45) is 11.8 Å². The van der Waals surface area contributed by atoms with Crippen LogP contribution in [0.4, 0.5) is 0 Å². The lowest BCUT2D eigenvalue weighted by Gasteiger charge is -2.21. The molecule has 17 nitrogen and oxygen atoms in total. The highest BCUT2D eigenvalue weighted by molar-refractivity contribution is 7.47. The lowest BCUT2D eigenvalue weighted by Crippen LogP contribution is -2.30. The average Bonchev–Trinajstić information content (AvgIpc) is 0.924. The van der Waals surface area contributed by atoms with Gasteiger partial charge in [0.15, 0.2) is 12.2 Å². The number of unbranched alkanes of at least 4 members (excludes halogenated alkanes) is 53. The predicted octanol–water partition coefficient (Wildman–Crippen LogP) is 25.5. The number of aliphatic hydroxyl groups excluding tert-OH is 1. The molecule has 0 radical (unpaired) electrons. The lowest BCUT2D eigenvalue weighted by atomic mass is 10.0. The molecule has 0 spiro atoms. The number of hydrogen-bond donors (Lipinski definition) is 3. The van der Waals surface area contributed by atoms with Gasteiger partial charge in [0.25, 0.3) is 0 Å². The van der Waals surface area contributed by atoms with Crippen LogP contribution >= 0.6 is 15.6 Å². The fourth-order valence-corrected chi connectivity index (χ4v) is 14.6. The molecule has 103 heavy (non-hydrogen) atoms. The highest BCUT2D eigenvalue weighted by Crippen LogP contribution is 2.45. The first-order valence-electron chi connectivity index (χ1n) is 43.5. The molecule has 0 heterocycles. The summed E-state index contributed by atoms with van der Waals surface area (Å²) >= 11 is 0. The molecule has 0 fully saturated rings. The van der Waals surface area contributed by atoms with Crippen LogP contribution in [-0.2, 0) is 65.4 Å². The Bertz CT molecular complexity index is 1980. The quantitative estimate of drug-likeness (QED) is 0.0222. The molecule has 0 saturated heterocycles. The van der Waals surface area contributed by atoms with E-state index in [-0.39, 0.29) is 25.7 Å². The summed E-state index contributed by atoms with van der Waals surface area (Å²) in [6, 6.07) is 0. The molecule has 0 aliphatic rings. The number of carbonyl (C=O) groups excluding carboxylic acids is 4. The van der Waals surface area contributed by atoms with E-state index >= 15 is 0 Å². The molecule has 0 amide bonds. The Kier molecular flexibility index (Phi) is 74.1. The molecule has 3 N–H and O–H groups in total. The van der Waals surface area contributed by atoms with Gasteiger partial charge in [-0.05, 0) is 37.5 Å². The summed E-state index contributed by atoms with van der Waals surface area (Å²) < 4.78 is 68.8. The Morgan fingerprint density at radius 2 is 0.447 bits per heavy atom. The number of aliphatic hydroxyl groups is 1. The van der Waals surface area contributed by atoms with Crippen LogP contribution in [0.2, 0.25) is 0 Å². The molecule has 0 aromatic carbocycles. The molecule has 0 aliphatic carbocycles. The molecule has 0 aromatic heterocycles. The minimum atomic E-state index is -4.96. The normalized spacial score (nSPS) is 13.9. The summed E-state index contributed by atoms with van der Waals surface area (Å²) in [6.07, 6.45) is 66.8. The summed E-state index contributed by atoms with van der Waals surface area (Å²) in [4.78, 5) is 73.1. The Labute approximate surface area is 632 Å². The Balaban J connectivity index is 5.21. The van der Waals surface area contributed by atoms with E-state index in [1.165, 1.54) is 257 Å². The summed E-state index contributed by atoms with van der Waals surface area (Å²) in [5, 5.41) is 10.7. The van der Waals surface area contributed by atoms with Crippen molar-refractivity contribution in [3.8, 4) is 0 Å². The largest absolute Gasteiger partial charge is 0.472 e. The second-order valence-electron chi connectivity index (χ2n) is 31.2. The van der Waals surface area contributed by atoms with Gasteiger partial charge in [-0.25, -0.2) is 9.13 Å². The van der Waals surface area contributed by atoms with E-state index in [9.17, 15) is 43.2 Å². The van der Waals surface area contributed by atoms with E-state index in [1.54, 1.807) is 0 Å². The Hall–Kier alpha value is -1.94. The minimum absolute atomic E-state index is 0.108. The van der Waals surface area contributed by atoms with Gasteiger partial charge in [-0.15, -0.1) is 0 Å². The first kappa shape index (κ1) is 101. The van der Waals surface area contributed by atoms with E-state index < -0.39 is 97.5 Å². The van der Waals surface area contributed by atoms with Crippen LogP contribution in [0.3, 0.4) is 0 Å². The Morgan fingerprint density at radius 1 is 0.262 bits per heavy atom. The summed E-state index contributed by atoms with van der Waals surface area (Å²) in [5.41, 5.74) is 0. The van der Waals surface area contributed by atoms with Crippen molar-refractivity contribution in [2.45, 2.75) is 464 Å². The average molecular weight is 1510 g/mol. The Morgan fingerprint density at radius 3 is 0.660 bits per heavy atom. The van der Waals surface area contributed by atoms with Crippen molar-refractivity contribution < 1.29 is 80.2 Å². The molecular formula is C84H164O17P2. The van der Waals surface area contributed by atoms with Gasteiger partial charge in [-0.3, -0.25) is 37.3 Å². The first-order valence-corrected chi connectivity index (χ1v) is 46.5. The minimum Gasteiger partial charge on any atom is -0.462 e. The van der Waals surface area contributed by atoms with Gasteiger partial charge in [0.2, 0.25) is 0 Å². The number of phosphoric ester groups is 2. The van der Waals surface area contributed by atoms with Crippen molar-refractivity contribution in [1.29, 1.82) is 0 Å². The van der Waals surface area contributed by atoms with E-state index in [0.717, 1.165) is 102 Å². The second kappa shape index (κ2) is 75.5. The molecule has 5 atom stereocenters. The van der Waals surface area contributed by atoms with Crippen LogP contribution in [0, 0.1) is 11.8 Å². The van der Waals surface area contributed by atoms with Gasteiger partial charge < -0.3 is 33.8 Å². The molecule has 0 aromatic rings. The van der Waals surface area contributed by atoms with Crippen LogP contribution in [0.15, 0.2) is 0 Å². The zero-order chi connectivity index (χ0) is 75.6. The second-order valence-corrected chi connectivity index (χ2v) is 34.1. The van der Waals surface area contributed by atoms with E-state index in [1.807, 2.05) is 0 Å². The first-order chi connectivity index (χ1) is 49.9. The maximum atomic E-state index is 13.1. The third-order valence-corrected chi connectivity index (χ3v) is 21.6. The van der Waals surface area contributed by atoms with Crippen LogP contribution < -0.4 is 0 Å². The number of esters is 4. The zero-order valence-electron chi connectivity index (χ0n) is 67.6. The molecule has 0 aliphatic heterocycles. The van der Waals surface area contributed by atoms with E-state index in [0.29, 0.717) is 31.6 Å². The monoisotopic (exact) mass is 1510 g/mol. The van der Waals surface area contributed by atoms with Crippen LogP contribution in [-0.4, -0.2) is 96.7 Å². The number of carbonyl (C=O) groups is 4. The summed E-state index contributed by atoms with van der Waals surface area (Å²) in [5.74, 6) is -0.610. The van der Waals surface area contributed by atoms with Crippen LogP contribution in [0.25, 0.3) is 0 Å². The predicted molar refractivity (Wildman–Crippen MR) is 423 cm³/mol. The highest BCUT2D eigenvalue weighted by Gasteiger charge is 2.30. The number of ether oxygens (including phenoxy) is 4. The van der Waals surface area contributed by atoms with Crippen LogP contribution in [0.5, 0.6) is 0 Å². The van der Waals surface area contributed by atoms with Gasteiger partial charge in [0.05, 0.1) is 26.4 Å². The van der Waals surface area contributed by atoms with Crippen LogP contribution in [0.1, 0.15) is 446 Å². The molecular weight excluding hydrogens is 1340 g/mol. The number of rotatable bonds is 83. The van der Waals surface area contributed by atoms with Gasteiger partial charge in [-0.1, -0.05) is 395 Å². The van der Waals surface area contributed by atoms with Crippen molar-refractivity contribution in [1.82, 2.24) is 0 Å². The maximum absolute atomic E-state index is 13.1. The van der Waals surface area contributed by atoms with Gasteiger partial charge in [-0.2, -0.15) is 0 Å². The number of hydrogen-bond acceptors (Lipinski definition) is 15. The summed E-state index contributed by atoms with van der Waals surface area (Å²) in [6.45, 7) is 9.62. The fraction of sp³-hybridized carbons (Fsp3) is 0.952.